The van der Waals surface area contributed by atoms with Crippen molar-refractivity contribution in [1.82, 2.24) is 0 Å². The summed E-state index contributed by atoms with van der Waals surface area (Å²) in [4.78, 5) is 0. The predicted octanol–water partition coefficient (Wildman–Crippen LogP) is 1.33. The second-order valence-electron chi connectivity index (χ2n) is 3.18. The van der Waals surface area contributed by atoms with Gasteiger partial charge in [-0.2, -0.15) is 0 Å². The van der Waals surface area contributed by atoms with E-state index in [1.165, 1.54) is 19.3 Å². The van der Waals surface area contributed by atoms with Gasteiger partial charge in [0.15, 0.2) is 0 Å². The summed E-state index contributed by atoms with van der Waals surface area (Å²) in [5, 5.41) is 16.4. The van der Waals surface area contributed by atoms with E-state index in [0.717, 1.165) is 32.5 Å². The molecule has 1 fully saturated rings. The summed E-state index contributed by atoms with van der Waals surface area (Å²) in [5.41, 5.74) is 0. The molecule has 1 aliphatic heterocycles. The van der Waals surface area contributed by atoms with Crippen molar-refractivity contribution in [2.75, 3.05) is 26.4 Å². The van der Waals surface area contributed by atoms with Crippen molar-refractivity contribution in [3.8, 4) is 0 Å². The van der Waals surface area contributed by atoms with Crippen LogP contribution in [-0.2, 0) is 4.74 Å². The third-order valence-corrected chi connectivity index (χ3v) is 1.89. The number of unbranched alkanes of at least 4 members (excludes halogenated alkanes) is 2. The zero-order valence-corrected chi connectivity index (χ0v) is 8.37. The number of ether oxygens (including phenoxy) is 1. The molecule has 0 unspecified atom stereocenters. The van der Waals surface area contributed by atoms with E-state index in [1.807, 2.05) is 0 Å². The van der Waals surface area contributed by atoms with Gasteiger partial charge in [-0.25, -0.2) is 0 Å². The highest BCUT2D eigenvalue weighted by molar-refractivity contribution is 4.45. The molecule has 0 radical (unpaired) electrons. The summed E-state index contributed by atoms with van der Waals surface area (Å²) in [6.07, 6.45) is 6.51. The lowest BCUT2D eigenvalue weighted by molar-refractivity contribution is 0.0968. The largest absolute Gasteiger partial charge is 0.396 e. The fraction of sp³-hybridized carbons (Fsp3) is 1.00. The summed E-state index contributed by atoms with van der Waals surface area (Å²) < 4.78 is 5.07. The Labute approximate surface area is 80.7 Å². The lowest BCUT2D eigenvalue weighted by Crippen LogP contribution is -2.03. The second kappa shape index (κ2) is 11.9. The lowest BCUT2D eigenvalue weighted by atomic mass is 10.2. The average molecular weight is 190 g/mol. The molecule has 3 nitrogen and oxygen atoms in total. The average Bonchev–Trinajstić information content (AvgIpc) is 2.22. The van der Waals surface area contributed by atoms with Gasteiger partial charge in [-0.3, -0.25) is 0 Å². The molecular formula is C10H22O3. The van der Waals surface area contributed by atoms with Crippen LogP contribution in [0.5, 0.6) is 0 Å². The summed E-state index contributed by atoms with van der Waals surface area (Å²) in [6, 6.07) is 0. The molecule has 0 aromatic rings. The van der Waals surface area contributed by atoms with E-state index in [9.17, 15) is 0 Å². The maximum absolute atomic E-state index is 8.21. The molecule has 1 rings (SSSR count). The number of hydrogen-bond acceptors (Lipinski definition) is 3. The van der Waals surface area contributed by atoms with E-state index in [1.54, 1.807) is 0 Å². The van der Waals surface area contributed by atoms with E-state index < -0.39 is 0 Å². The van der Waals surface area contributed by atoms with Crippen LogP contribution in [0.1, 0.15) is 38.5 Å². The van der Waals surface area contributed by atoms with E-state index in [-0.39, 0.29) is 13.2 Å². The molecule has 0 bridgehead atoms. The Morgan fingerprint density at radius 3 is 1.54 bits per heavy atom. The van der Waals surface area contributed by atoms with Crippen molar-refractivity contribution >= 4 is 0 Å². The molecule has 80 valence electrons. The molecule has 13 heavy (non-hydrogen) atoms. The van der Waals surface area contributed by atoms with Crippen LogP contribution in [-0.4, -0.2) is 36.6 Å². The normalized spacial score (nSPS) is 16.2. The summed E-state index contributed by atoms with van der Waals surface area (Å²) >= 11 is 0. The van der Waals surface area contributed by atoms with E-state index in [2.05, 4.69) is 0 Å². The van der Waals surface area contributed by atoms with E-state index in [0.29, 0.717) is 0 Å². The first kappa shape index (κ1) is 12.9. The molecule has 0 spiro atoms. The van der Waals surface area contributed by atoms with Crippen LogP contribution in [0.25, 0.3) is 0 Å². The molecule has 0 saturated carbocycles. The number of hydrogen-bond donors (Lipinski definition) is 2. The summed E-state index contributed by atoms with van der Waals surface area (Å²) in [5.74, 6) is 0. The third-order valence-electron chi connectivity index (χ3n) is 1.89. The molecule has 1 aliphatic rings. The molecule has 2 N–H and O–H groups in total. The minimum atomic E-state index is 0.250. The molecule has 0 aromatic heterocycles. The number of aliphatic hydroxyl groups excluding tert-OH is 2. The lowest BCUT2D eigenvalue weighted by Gasteiger charge is -2.08. The molecular weight excluding hydrogens is 168 g/mol. The Bertz CT molecular complexity index is 66.7. The van der Waals surface area contributed by atoms with Crippen LogP contribution in [0, 0.1) is 0 Å². The van der Waals surface area contributed by atoms with Gasteiger partial charge in [0.2, 0.25) is 0 Å². The maximum Gasteiger partial charge on any atom is 0.0466 e. The minimum Gasteiger partial charge on any atom is -0.396 e. The topological polar surface area (TPSA) is 49.7 Å². The predicted molar refractivity (Wildman–Crippen MR) is 52.7 cm³/mol. The minimum absolute atomic E-state index is 0.250. The van der Waals surface area contributed by atoms with Crippen LogP contribution in [0.4, 0.5) is 0 Å². The Morgan fingerprint density at radius 1 is 0.769 bits per heavy atom. The number of rotatable bonds is 4. The molecule has 0 aromatic carbocycles. The van der Waals surface area contributed by atoms with Gasteiger partial charge in [0.05, 0.1) is 0 Å². The zero-order chi connectivity index (χ0) is 9.78. The van der Waals surface area contributed by atoms with Gasteiger partial charge in [-0.15, -0.1) is 0 Å². The first-order valence-electron chi connectivity index (χ1n) is 5.21. The van der Waals surface area contributed by atoms with Crippen molar-refractivity contribution in [1.29, 1.82) is 0 Å². The smallest absolute Gasteiger partial charge is 0.0466 e. The molecule has 0 aliphatic carbocycles. The van der Waals surface area contributed by atoms with Crippen LogP contribution in [0.3, 0.4) is 0 Å². The molecule has 0 atom stereocenters. The van der Waals surface area contributed by atoms with Crippen molar-refractivity contribution in [2.24, 2.45) is 0 Å². The van der Waals surface area contributed by atoms with Gasteiger partial charge < -0.3 is 14.9 Å². The summed E-state index contributed by atoms with van der Waals surface area (Å²) in [6.45, 7) is 2.50. The first-order valence-corrected chi connectivity index (χ1v) is 5.21. The van der Waals surface area contributed by atoms with Gasteiger partial charge in [0.1, 0.15) is 0 Å². The van der Waals surface area contributed by atoms with Crippen LogP contribution < -0.4 is 0 Å². The van der Waals surface area contributed by atoms with Crippen molar-refractivity contribution in [3.63, 3.8) is 0 Å². The Hall–Kier alpha value is -0.120. The van der Waals surface area contributed by atoms with E-state index >= 15 is 0 Å². The first-order chi connectivity index (χ1) is 6.41. The Balaban J connectivity index is 0.000000223. The Kier molecular flexibility index (Phi) is 11.8. The molecule has 1 saturated heterocycles. The van der Waals surface area contributed by atoms with Crippen molar-refractivity contribution < 1.29 is 14.9 Å². The van der Waals surface area contributed by atoms with Gasteiger partial charge in [0.25, 0.3) is 0 Å². The van der Waals surface area contributed by atoms with Gasteiger partial charge in [0, 0.05) is 26.4 Å². The van der Waals surface area contributed by atoms with Crippen molar-refractivity contribution in [2.45, 2.75) is 38.5 Å². The van der Waals surface area contributed by atoms with Crippen LogP contribution in [0.15, 0.2) is 0 Å². The van der Waals surface area contributed by atoms with Gasteiger partial charge in [-0.1, -0.05) is 0 Å². The Morgan fingerprint density at radius 2 is 1.31 bits per heavy atom. The maximum atomic E-state index is 8.21. The summed E-state index contributed by atoms with van der Waals surface area (Å²) in [7, 11) is 0. The quantitative estimate of drug-likeness (QED) is 0.657. The van der Waals surface area contributed by atoms with E-state index in [4.69, 9.17) is 14.9 Å². The monoisotopic (exact) mass is 190 g/mol. The molecule has 0 amide bonds. The van der Waals surface area contributed by atoms with Gasteiger partial charge >= 0.3 is 0 Å². The third kappa shape index (κ3) is 11.9. The number of aliphatic hydroxyl groups is 2. The molecule has 3 heteroatoms. The zero-order valence-electron chi connectivity index (χ0n) is 8.37. The fourth-order valence-electron chi connectivity index (χ4n) is 1.09. The fourth-order valence-corrected chi connectivity index (χ4v) is 1.09. The highest BCUT2D eigenvalue weighted by Gasteiger charge is 1.95. The standard InChI is InChI=1S/C5H12O2.C5H10O/c6-4-2-1-3-5-7;1-2-4-6-5-3-1/h6-7H,1-5H2;1-5H2. The second-order valence-corrected chi connectivity index (χ2v) is 3.18. The van der Waals surface area contributed by atoms with Crippen LogP contribution >= 0.6 is 0 Å². The van der Waals surface area contributed by atoms with Crippen LogP contribution in [0.2, 0.25) is 0 Å². The SMILES string of the molecule is C1CCOCC1.OCCCCCO. The van der Waals surface area contributed by atoms with Gasteiger partial charge in [-0.05, 0) is 38.5 Å². The van der Waals surface area contributed by atoms with Crippen molar-refractivity contribution in [3.05, 3.63) is 0 Å². The highest BCUT2D eigenvalue weighted by Crippen LogP contribution is 2.02. The highest BCUT2D eigenvalue weighted by atomic mass is 16.5. The molecule has 1 heterocycles.